The van der Waals surface area contributed by atoms with E-state index in [2.05, 4.69) is 10.3 Å². The van der Waals surface area contributed by atoms with Gasteiger partial charge in [-0.1, -0.05) is 0 Å². The van der Waals surface area contributed by atoms with Crippen LogP contribution in [0.5, 0.6) is 0 Å². The summed E-state index contributed by atoms with van der Waals surface area (Å²) in [6.07, 6.45) is 2.15. The maximum Gasteiger partial charge on any atom is 0.244 e. The molecule has 0 aromatic heterocycles. The highest BCUT2D eigenvalue weighted by Gasteiger charge is 1.97. The first-order valence-electron chi connectivity index (χ1n) is 3.34. The van der Waals surface area contributed by atoms with E-state index in [0.29, 0.717) is 5.57 Å². The van der Waals surface area contributed by atoms with Gasteiger partial charge in [-0.3, -0.25) is 10.2 Å². The van der Waals surface area contributed by atoms with Gasteiger partial charge in [0, 0.05) is 13.1 Å². The molecule has 0 aliphatic carbocycles. The largest absolute Gasteiger partial charge is 0.383 e. The van der Waals surface area contributed by atoms with Crippen LogP contribution in [0.15, 0.2) is 16.6 Å². The highest BCUT2D eigenvalue weighted by atomic mass is 16.1. The minimum atomic E-state index is -0.240. The summed E-state index contributed by atoms with van der Waals surface area (Å²) in [5.74, 6) is -0.0655. The number of aliphatic imine (C=N–C) groups is 1. The fraction of sp³-hybridized carbons (Fsp3) is 0.286. The van der Waals surface area contributed by atoms with E-state index < -0.39 is 0 Å². The number of likely N-dealkylation sites (N-methyl/N-ethyl adjacent to an activating group) is 1. The first-order chi connectivity index (χ1) is 5.61. The summed E-state index contributed by atoms with van der Waals surface area (Å²) in [6.45, 7) is 1.65. The minimum absolute atomic E-state index is 0.175. The van der Waals surface area contributed by atoms with Crippen LogP contribution in [0.25, 0.3) is 0 Å². The van der Waals surface area contributed by atoms with Gasteiger partial charge in [0.05, 0.1) is 0 Å². The van der Waals surface area contributed by atoms with E-state index in [-0.39, 0.29) is 11.7 Å². The van der Waals surface area contributed by atoms with E-state index in [9.17, 15) is 4.79 Å². The van der Waals surface area contributed by atoms with Gasteiger partial charge in [0.1, 0.15) is 12.2 Å². The van der Waals surface area contributed by atoms with Gasteiger partial charge in [-0.25, -0.2) is 4.99 Å². The second-order valence-corrected chi connectivity index (χ2v) is 2.09. The van der Waals surface area contributed by atoms with Gasteiger partial charge in [-0.15, -0.1) is 0 Å². The van der Waals surface area contributed by atoms with Gasteiger partial charge in [0.15, 0.2) is 0 Å². The molecular weight excluding hydrogens is 156 g/mol. The lowest BCUT2D eigenvalue weighted by Gasteiger charge is -1.97. The first-order valence-corrected chi connectivity index (χ1v) is 3.34. The third-order valence-corrected chi connectivity index (χ3v) is 1.20. The van der Waals surface area contributed by atoms with Crippen LogP contribution in [0.2, 0.25) is 0 Å². The maximum absolute atomic E-state index is 10.8. The fourth-order valence-corrected chi connectivity index (χ4v) is 0.514. The number of nitrogens with zero attached hydrogens (tertiary/aromatic N) is 1. The van der Waals surface area contributed by atoms with Crippen molar-refractivity contribution in [1.82, 2.24) is 5.32 Å². The molecule has 0 aromatic carbocycles. The normalized spacial score (nSPS) is 12.5. The van der Waals surface area contributed by atoms with E-state index in [1.165, 1.54) is 13.1 Å². The van der Waals surface area contributed by atoms with Gasteiger partial charge in [0.25, 0.3) is 0 Å². The van der Waals surface area contributed by atoms with Crippen LogP contribution in [-0.2, 0) is 4.79 Å². The molecule has 0 aromatic rings. The average molecular weight is 168 g/mol. The zero-order chi connectivity index (χ0) is 9.56. The molecule has 0 unspecified atom stereocenters. The monoisotopic (exact) mass is 168 g/mol. The van der Waals surface area contributed by atoms with Crippen LogP contribution in [0.3, 0.4) is 0 Å². The van der Waals surface area contributed by atoms with Crippen molar-refractivity contribution in [3.8, 4) is 0 Å². The average Bonchev–Trinajstić information content (AvgIpc) is 2.04. The molecule has 0 radical (unpaired) electrons. The third-order valence-electron chi connectivity index (χ3n) is 1.20. The Hall–Kier alpha value is -1.65. The van der Waals surface area contributed by atoms with Gasteiger partial charge < -0.3 is 11.1 Å². The number of nitrogens with two attached hydrogens (primary N) is 1. The zero-order valence-corrected chi connectivity index (χ0v) is 7.09. The molecule has 0 saturated heterocycles. The number of hydrogen-bond donors (Lipinski definition) is 3. The van der Waals surface area contributed by atoms with Crippen LogP contribution < -0.4 is 11.1 Å². The van der Waals surface area contributed by atoms with Crippen LogP contribution in [0, 0.1) is 5.41 Å². The summed E-state index contributed by atoms with van der Waals surface area (Å²) in [7, 11) is 1.52. The van der Waals surface area contributed by atoms with Gasteiger partial charge in [-0.05, 0) is 12.5 Å². The van der Waals surface area contributed by atoms with Gasteiger partial charge in [-0.2, -0.15) is 0 Å². The second kappa shape index (κ2) is 5.06. The topological polar surface area (TPSA) is 91.3 Å². The van der Waals surface area contributed by atoms with Crippen LogP contribution in [-0.4, -0.2) is 25.1 Å². The third kappa shape index (κ3) is 3.50. The van der Waals surface area contributed by atoms with Crippen molar-refractivity contribution in [3.63, 3.8) is 0 Å². The number of carbonyl (C=O) groups is 1. The lowest BCUT2D eigenvalue weighted by atomic mass is 10.2. The SMILES string of the molecule is CNC(=O)/C=C(C)/C(N)=N\C=N. The first kappa shape index (κ1) is 10.3. The molecule has 0 aliphatic heterocycles. The van der Waals surface area contributed by atoms with Crippen molar-refractivity contribution >= 4 is 18.1 Å². The van der Waals surface area contributed by atoms with E-state index in [1.807, 2.05) is 0 Å². The molecule has 0 spiro atoms. The Morgan fingerprint density at radius 3 is 2.67 bits per heavy atom. The summed E-state index contributed by atoms with van der Waals surface area (Å²) in [5.41, 5.74) is 5.92. The summed E-state index contributed by atoms with van der Waals surface area (Å²) < 4.78 is 0. The van der Waals surface area contributed by atoms with Crippen molar-refractivity contribution in [2.75, 3.05) is 7.05 Å². The molecule has 0 fully saturated rings. The number of amides is 1. The van der Waals surface area contributed by atoms with Gasteiger partial charge in [0.2, 0.25) is 5.91 Å². The second-order valence-electron chi connectivity index (χ2n) is 2.09. The Kier molecular flexibility index (Phi) is 4.36. The summed E-state index contributed by atoms with van der Waals surface area (Å²) in [6, 6.07) is 0. The Balaban J connectivity index is 4.47. The number of hydrogen-bond acceptors (Lipinski definition) is 2. The summed E-state index contributed by atoms with van der Waals surface area (Å²) in [4.78, 5) is 14.3. The van der Waals surface area contributed by atoms with E-state index in [0.717, 1.165) is 6.34 Å². The molecule has 66 valence electrons. The molecule has 0 atom stereocenters. The highest BCUT2D eigenvalue weighted by Crippen LogP contribution is 1.91. The molecule has 12 heavy (non-hydrogen) atoms. The molecular formula is C7H12N4O. The van der Waals surface area contributed by atoms with Crippen LogP contribution in [0.4, 0.5) is 0 Å². The molecule has 5 heteroatoms. The predicted molar refractivity (Wildman–Crippen MR) is 48.2 cm³/mol. The fourth-order valence-electron chi connectivity index (χ4n) is 0.514. The standard InChI is InChI=1S/C7H12N4O/c1-5(3-6(12)10-2)7(9)11-4-8/h3-4H,1-2H3,(H,10,12)(H3,8,9,11)/b5-3+. The van der Waals surface area contributed by atoms with E-state index >= 15 is 0 Å². The lowest BCUT2D eigenvalue weighted by Crippen LogP contribution is -2.19. The molecule has 0 heterocycles. The van der Waals surface area contributed by atoms with E-state index in [4.69, 9.17) is 11.1 Å². The Morgan fingerprint density at radius 2 is 2.25 bits per heavy atom. The van der Waals surface area contributed by atoms with Crippen molar-refractivity contribution in [1.29, 1.82) is 5.41 Å². The highest BCUT2D eigenvalue weighted by molar-refractivity contribution is 6.04. The summed E-state index contributed by atoms with van der Waals surface area (Å²) in [5, 5.41) is 9.04. The maximum atomic E-state index is 10.8. The van der Waals surface area contributed by atoms with Crippen molar-refractivity contribution in [2.24, 2.45) is 10.7 Å². The molecule has 4 N–H and O–H groups in total. The van der Waals surface area contributed by atoms with Crippen molar-refractivity contribution in [3.05, 3.63) is 11.6 Å². The van der Waals surface area contributed by atoms with Crippen molar-refractivity contribution in [2.45, 2.75) is 6.92 Å². The smallest absolute Gasteiger partial charge is 0.244 e. The van der Waals surface area contributed by atoms with E-state index in [1.54, 1.807) is 6.92 Å². The molecule has 0 bridgehead atoms. The quantitative estimate of drug-likeness (QED) is 0.305. The number of amidine groups is 1. The van der Waals surface area contributed by atoms with Gasteiger partial charge >= 0.3 is 0 Å². The Morgan fingerprint density at radius 1 is 1.67 bits per heavy atom. The summed E-state index contributed by atoms with van der Waals surface area (Å²) >= 11 is 0. The number of nitrogens with one attached hydrogen (secondary N) is 2. The molecule has 0 saturated carbocycles. The lowest BCUT2D eigenvalue weighted by molar-refractivity contribution is -0.116. The Bertz CT molecular complexity index is 242. The molecule has 1 amide bonds. The van der Waals surface area contributed by atoms with Crippen LogP contribution >= 0.6 is 0 Å². The van der Waals surface area contributed by atoms with Crippen LogP contribution in [0.1, 0.15) is 6.92 Å². The molecule has 0 aliphatic rings. The minimum Gasteiger partial charge on any atom is -0.383 e. The Labute approximate surface area is 70.9 Å². The molecule has 5 nitrogen and oxygen atoms in total. The molecule has 0 rings (SSSR count). The zero-order valence-electron chi connectivity index (χ0n) is 7.09. The number of rotatable bonds is 3. The number of carbonyl (C=O) groups excluding carboxylic acids is 1. The van der Waals surface area contributed by atoms with Crippen molar-refractivity contribution < 1.29 is 4.79 Å². The predicted octanol–water partition coefficient (Wildman–Crippen LogP) is -0.357.